The molecule has 0 saturated carbocycles. The first-order valence-electron chi connectivity index (χ1n) is 5.18. The average Bonchev–Trinajstić information content (AvgIpc) is 2.18. The molecule has 0 amide bonds. The fraction of sp³-hybridized carbons (Fsp3) is 0.400. The number of anilines is 1. The number of carbonyl (C=O) groups excluding carboxylic acids is 1. The molecule has 0 unspecified atom stereocenters. The van der Waals surface area contributed by atoms with Gasteiger partial charge in [0, 0.05) is 11.7 Å². The summed E-state index contributed by atoms with van der Waals surface area (Å²) < 4.78 is 9.56. The van der Waals surface area contributed by atoms with Crippen LogP contribution < -0.4 is 11.2 Å². The van der Waals surface area contributed by atoms with Crippen molar-refractivity contribution in [3.8, 4) is 0 Å². The van der Waals surface area contributed by atoms with Gasteiger partial charge in [0.15, 0.2) is 0 Å². The van der Waals surface area contributed by atoms with E-state index in [0.29, 0.717) is 0 Å². The molecule has 1 heterocycles. The maximum absolute atomic E-state index is 11.3. The lowest BCUT2D eigenvalue weighted by molar-refractivity contribution is 0.0174. The Morgan fingerprint density at radius 1 is 1.56 bits per heavy atom. The first-order chi connectivity index (χ1) is 8.20. The monoisotopic (exact) mass is 272 g/mol. The molecule has 0 bridgehead atoms. The Hall–Kier alpha value is -1.47. The van der Waals surface area contributed by atoms with Crippen LogP contribution in [0.25, 0.3) is 0 Å². The van der Waals surface area contributed by atoms with E-state index >= 15 is 0 Å². The lowest BCUT2D eigenvalue weighted by Crippen LogP contribution is -2.39. The molecule has 3 N–H and O–H groups in total. The van der Waals surface area contributed by atoms with E-state index in [1.807, 2.05) is 0 Å². The Labute approximate surface area is 110 Å². The molecule has 0 aliphatic carbocycles. The van der Waals surface area contributed by atoms with Crippen molar-refractivity contribution < 1.29 is 19.2 Å². The van der Waals surface area contributed by atoms with E-state index in [1.54, 1.807) is 20.8 Å². The maximum Gasteiger partial charge on any atom is 0.566 e. The number of hydrogen-bond donors (Lipinski definition) is 2. The van der Waals surface area contributed by atoms with Crippen molar-refractivity contribution in [1.29, 1.82) is 0 Å². The molecule has 98 valence electrons. The maximum atomic E-state index is 11.3. The van der Waals surface area contributed by atoms with E-state index in [2.05, 4.69) is 9.64 Å². The third kappa shape index (κ3) is 4.08. The Balaban J connectivity index is 2.74. The van der Waals surface area contributed by atoms with Crippen LogP contribution >= 0.6 is 11.6 Å². The first-order valence-corrected chi connectivity index (χ1v) is 5.56. The van der Waals surface area contributed by atoms with Gasteiger partial charge in [-0.1, -0.05) is 11.6 Å². The van der Waals surface area contributed by atoms with Gasteiger partial charge in [-0.15, -0.1) is 0 Å². The molecule has 0 atom stereocenters. The van der Waals surface area contributed by atoms with Crippen molar-refractivity contribution in [2.24, 2.45) is 0 Å². The predicted octanol–water partition coefficient (Wildman–Crippen LogP) is 0.956. The van der Waals surface area contributed by atoms with E-state index in [1.165, 1.54) is 12.3 Å². The summed E-state index contributed by atoms with van der Waals surface area (Å²) in [5.74, 6) is 0.0426. The molecule has 6 nitrogen and oxygen atoms in total. The minimum Gasteiger partial charge on any atom is -0.473 e. The fourth-order valence-electron chi connectivity index (χ4n) is 1.09. The Morgan fingerprint density at radius 3 is 2.72 bits per heavy atom. The second-order valence-corrected chi connectivity index (χ2v) is 4.91. The predicted molar refractivity (Wildman–Crippen MR) is 68.6 cm³/mol. The van der Waals surface area contributed by atoms with Crippen molar-refractivity contribution in [2.75, 3.05) is 5.73 Å². The molecule has 8 heteroatoms. The summed E-state index contributed by atoms with van der Waals surface area (Å²) in [4.78, 5) is 15.1. The van der Waals surface area contributed by atoms with Gasteiger partial charge in [0.05, 0.1) is 5.02 Å². The second kappa shape index (κ2) is 5.45. The molecule has 0 aliphatic heterocycles. The smallest absolute Gasteiger partial charge is 0.473 e. The molecule has 0 radical (unpaired) electrons. The fourth-order valence-corrected chi connectivity index (χ4v) is 1.30. The summed E-state index contributed by atoms with van der Waals surface area (Å²) in [5.41, 5.74) is 4.90. The van der Waals surface area contributed by atoms with Crippen molar-refractivity contribution in [3.63, 3.8) is 0 Å². The molecule has 0 spiro atoms. The second-order valence-electron chi connectivity index (χ2n) is 4.53. The number of pyridine rings is 1. The summed E-state index contributed by atoms with van der Waals surface area (Å²) in [6.07, 6.45) is 0.347. The number of rotatable bonds is 2. The molecule has 0 saturated heterocycles. The first kappa shape index (κ1) is 14.6. The van der Waals surface area contributed by atoms with E-state index in [4.69, 9.17) is 22.1 Å². The van der Waals surface area contributed by atoms with Gasteiger partial charge in [0.25, 0.3) is 0 Å². The largest absolute Gasteiger partial charge is 0.566 e. The molecule has 1 aromatic heterocycles. The van der Waals surface area contributed by atoms with E-state index in [9.17, 15) is 9.82 Å². The van der Waals surface area contributed by atoms with Crippen molar-refractivity contribution in [3.05, 3.63) is 17.3 Å². The summed E-state index contributed by atoms with van der Waals surface area (Å²) >= 11 is 5.83. The molecule has 1 rings (SSSR count). The van der Waals surface area contributed by atoms with Gasteiger partial charge >= 0.3 is 13.3 Å². The van der Waals surface area contributed by atoms with Gasteiger partial charge in [-0.2, -0.15) is 0 Å². The van der Waals surface area contributed by atoms with Gasteiger partial charge in [-0.3, -0.25) is 0 Å². The Kier molecular flexibility index (Phi) is 4.42. The molecule has 1 aromatic rings. The van der Waals surface area contributed by atoms with Crippen LogP contribution in [-0.2, 0) is 9.39 Å². The zero-order valence-corrected chi connectivity index (χ0v) is 11.1. The number of carbonyl (C=O) groups is 1. The van der Waals surface area contributed by atoms with Crippen LogP contribution in [0.3, 0.4) is 0 Å². The third-order valence-corrected chi connectivity index (χ3v) is 2.22. The van der Waals surface area contributed by atoms with Gasteiger partial charge in [0.2, 0.25) is 0 Å². The van der Waals surface area contributed by atoms with Crippen LogP contribution in [0.1, 0.15) is 20.8 Å². The normalized spacial score (nSPS) is 10.9. The van der Waals surface area contributed by atoms with Crippen LogP contribution in [0, 0.1) is 0 Å². The Bertz CT molecular complexity index is 450. The number of ether oxygens (including phenoxy) is 1. The standard InChI is InChI=1S/C10H14BClN2O4/c1-10(2,3)17-9(15)18-11(16)6-4-5-14-8(13)7(6)12/h4-5,16H,1-3H3,(H2,13,14). The summed E-state index contributed by atoms with van der Waals surface area (Å²) in [6.45, 7) is 5.04. The summed E-state index contributed by atoms with van der Waals surface area (Å²) in [6, 6.07) is 1.40. The minimum atomic E-state index is -1.56. The zero-order valence-electron chi connectivity index (χ0n) is 10.3. The lowest BCUT2D eigenvalue weighted by atomic mass is 9.80. The van der Waals surface area contributed by atoms with Crippen LogP contribution in [0.2, 0.25) is 5.02 Å². The topological polar surface area (TPSA) is 94.7 Å². The van der Waals surface area contributed by atoms with Gasteiger partial charge in [-0.25, -0.2) is 9.78 Å². The van der Waals surface area contributed by atoms with E-state index < -0.39 is 18.9 Å². The van der Waals surface area contributed by atoms with Gasteiger partial charge in [-0.05, 0) is 26.8 Å². The Morgan fingerprint density at radius 2 is 2.17 bits per heavy atom. The van der Waals surface area contributed by atoms with Crippen molar-refractivity contribution in [2.45, 2.75) is 26.4 Å². The third-order valence-electron chi connectivity index (χ3n) is 1.81. The molecule has 0 aliphatic rings. The number of nitrogen functional groups attached to an aromatic ring is 1. The van der Waals surface area contributed by atoms with Crippen molar-refractivity contribution in [1.82, 2.24) is 4.98 Å². The number of aromatic nitrogens is 1. The highest BCUT2D eigenvalue weighted by Crippen LogP contribution is 2.13. The molecule has 18 heavy (non-hydrogen) atoms. The van der Waals surface area contributed by atoms with Crippen LogP contribution in [0.15, 0.2) is 12.3 Å². The molecular formula is C10H14BClN2O4. The SMILES string of the molecule is CC(C)(C)OC(=O)OB(O)c1ccnc(N)c1Cl. The quantitative estimate of drug-likeness (QED) is 0.615. The number of nitrogens with zero attached hydrogens (tertiary/aromatic N) is 1. The van der Waals surface area contributed by atoms with Gasteiger partial charge in [0.1, 0.15) is 11.4 Å². The summed E-state index contributed by atoms with van der Waals surface area (Å²) in [7, 11) is -1.56. The van der Waals surface area contributed by atoms with E-state index in [0.717, 1.165) is 0 Å². The highest BCUT2D eigenvalue weighted by Gasteiger charge is 2.28. The minimum absolute atomic E-state index is 0.0357. The molecule has 0 aromatic carbocycles. The van der Waals surface area contributed by atoms with Crippen LogP contribution in [0.5, 0.6) is 0 Å². The number of hydrogen-bond acceptors (Lipinski definition) is 6. The van der Waals surface area contributed by atoms with E-state index in [-0.39, 0.29) is 16.3 Å². The highest BCUT2D eigenvalue weighted by molar-refractivity contribution is 6.65. The van der Waals surface area contributed by atoms with Gasteiger partial charge < -0.3 is 20.1 Å². The average molecular weight is 272 g/mol. The molecular weight excluding hydrogens is 258 g/mol. The lowest BCUT2D eigenvalue weighted by Gasteiger charge is -2.20. The van der Waals surface area contributed by atoms with Crippen LogP contribution in [-0.4, -0.2) is 28.9 Å². The van der Waals surface area contributed by atoms with Crippen LogP contribution in [0.4, 0.5) is 10.6 Å². The molecule has 0 fully saturated rings. The van der Waals surface area contributed by atoms with Crippen molar-refractivity contribution >= 4 is 36.2 Å². The highest BCUT2D eigenvalue weighted by atomic mass is 35.5. The zero-order chi connectivity index (χ0) is 13.9. The summed E-state index contributed by atoms with van der Waals surface area (Å²) in [5, 5.41) is 9.74. The number of nitrogens with two attached hydrogens (primary N) is 1. The number of halogens is 1.